The fourth-order valence-electron chi connectivity index (χ4n) is 6.38. The summed E-state index contributed by atoms with van der Waals surface area (Å²) < 4.78 is 2.32. The summed E-state index contributed by atoms with van der Waals surface area (Å²) in [6, 6.07) is 11.4. The second kappa shape index (κ2) is 12.1. The number of halogens is 1. The summed E-state index contributed by atoms with van der Waals surface area (Å²) in [5.74, 6) is 5.89. The van der Waals surface area contributed by atoms with Gasteiger partial charge in [0.2, 0.25) is 0 Å². The van der Waals surface area contributed by atoms with E-state index in [9.17, 15) is 20.0 Å². The van der Waals surface area contributed by atoms with Gasteiger partial charge >= 0.3 is 5.97 Å². The molecule has 47 heavy (non-hydrogen) atoms. The molecular formula is C36H31ClN6O3S. The van der Waals surface area contributed by atoms with E-state index in [-0.39, 0.29) is 17.7 Å². The van der Waals surface area contributed by atoms with Gasteiger partial charge in [0.25, 0.3) is 5.56 Å². The van der Waals surface area contributed by atoms with Crippen molar-refractivity contribution in [2.75, 3.05) is 37.6 Å². The fraction of sp³-hybridized carbons (Fsp3) is 0.306. The molecule has 9 nitrogen and oxygen atoms in total. The van der Waals surface area contributed by atoms with Crippen LogP contribution in [0.15, 0.2) is 52.9 Å². The summed E-state index contributed by atoms with van der Waals surface area (Å²) in [6.45, 7) is 8.71. The number of rotatable bonds is 6. The number of aromatic nitrogens is 3. The minimum absolute atomic E-state index is 0.108. The van der Waals surface area contributed by atoms with Crippen molar-refractivity contribution in [3.05, 3.63) is 85.9 Å². The van der Waals surface area contributed by atoms with Crippen LogP contribution in [0, 0.1) is 35.5 Å². The largest absolute Gasteiger partial charge is 0.478 e. The summed E-state index contributed by atoms with van der Waals surface area (Å²) in [6.07, 6.45) is 5.85. The molecule has 1 aromatic carbocycles. The molecular weight excluding hydrogens is 632 g/mol. The molecule has 0 atom stereocenters. The number of pyridine rings is 3. The summed E-state index contributed by atoms with van der Waals surface area (Å²) in [5, 5.41) is 23.0. The number of carbonyl (C=O) groups is 1. The van der Waals surface area contributed by atoms with Crippen molar-refractivity contribution < 1.29 is 9.90 Å². The highest BCUT2D eigenvalue weighted by atomic mass is 35.5. The highest BCUT2D eigenvalue weighted by Gasteiger charge is 2.39. The van der Waals surface area contributed by atoms with E-state index in [2.05, 4.69) is 44.6 Å². The Morgan fingerprint density at radius 3 is 2.64 bits per heavy atom. The third kappa shape index (κ3) is 5.85. The van der Waals surface area contributed by atoms with Gasteiger partial charge in [0.15, 0.2) is 0 Å². The molecule has 2 aliphatic rings. The molecule has 0 unspecified atom stereocenters. The average Bonchev–Trinajstić information content (AvgIpc) is 3.61. The molecule has 1 aliphatic carbocycles. The molecule has 5 aromatic rings. The summed E-state index contributed by atoms with van der Waals surface area (Å²) in [5.41, 5.74) is 3.94. The predicted molar refractivity (Wildman–Crippen MR) is 185 cm³/mol. The molecule has 0 radical (unpaired) electrons. The van der Waals surface area contributed by atoms with Crippen molar-refractivity contribution in [1.29, 1.82) is 5.26 Å². The highest BCUT2D eigenvalue weighted by molar-refractivity contribution is 7.18. The van der Waals surface area contributed by atoms with Crippen molar-refractivity contribution >= 4 is 55.7 Å². The molecule has 5 heterocycles. The normalized spacial score (nSPS) is 15.7. The first-order valence-corrected chi connectivity index (χ1v) is 16.7. The first kappa shape index (κ1) is 30.9. The fourth-order valence-corrected chi connectivity index (χ4v) is 7.58. The quantitative estimate of drug-likeness (QED) is 0.215. The molecule has 1 saturated carbocycles. The number of fused-ring (bicyclic) bond motifs is 2. The van der Waals surface area contributed by atoms with Crippen molar-refractivity contribution in [2.24, 2.45) is 5.41 Å². The Morgan fingerprint density at radius 1 is 1.13 bits per heavy atom. The minimum atomic E-state index is -1.04. The maximum Gasteiger partial charge on any atom is 0.338 e. The second-order valence-corrected chi connectivity index (χ2v) is 13.9. The number of hydrogen-bond acceptors (Lipinski definition) is 8. The van der Waals surface area contributed by atoms with Crippen molar-refractivity contribution in [3.8, 4) is 29.0 Å². The first-order chi connectivity index (χ1) is 22.7. The number of carboxylic acid groups (broad SMARTS) is 1. The van der Waals surface area contributed by atoms with Crippen molar-refractivity contribution in [1.82, 2.24) is 19.4 Å². The van der Waals surface area contributed by atoms with Crippen LogP contribution in [-0.4, -0.2) is 63.2 Å². The minimum Gasteiger partial charge on any atom is -0.478 e. The Labute approximate surface area is 280 Å². The SMILES string of the molecule is Cc1cc2cnc(N3CCN(CC4(C)CC4)CC3)c(C#N)c2c(=O)n1CC#Cc1ccc(Cl)cc1-c1ccnc2c(C(=O)O)csc12. The van der Waals surface area contributed by atoms with E-state index in [1.807, 2.05) is 25.1 Å². The number of benzene rings is 1. The van der Waals surface area contributed by atoms with E-state index >= 15 is 0 Å². The van der Waals surface area contributed by atoms with E-state index < -0.39 is 5.97 Å². The van der Waals surface area contributed by atoms with Crippen LogP contribution in [0.2, 0.25) is 5.02 Å². The van der Waals surface area contributed by atoms with Crippen LogP contribution in [0.4, 0.5) is 5.82 Å². The number of thiophene rings is 1. The van der Waals surface area contributed by atoms with Crippen molar-refractivity contribution in [2.45, 2.75) is 33.2 Å². The van der Waals surface area contributed by atoms with Crippen LogP contribution < -0.4 is 10.5 Å². The van der Waals surface area contributed by atoms with Crippen LogP contribution in [0.5, 0.6) is 0 Å². The van der Waals surface area contributed by atoms with Gasteiger partial charge < -0.3 is 14.6 Å². The number of nitriles is 1. The summed E-state index contributed by atoms with van der Waals surface area (Å²) in [7, 11) is 0. The van der Waals surface area contributed by atoms with Gasteiger partial charge in [-0.25, -0.2) is 9.78 Å². The number of aromatic carboxylic acids is 1. The molecule has 4 aromatic heterocycles. The molecule has 7 rings (SSSR count). The standard InChI is InChI=1S/C36H31ClN6O3S/c1-22-16-24-19-40-33(42-14-12-41(13-15-42)21-36(2)8-9-36)28(18-38)30(24)34(44)43(22)11-3-4-23-5-6-25(37)17-27(23)26-7-10-39-31-29(35(45)46)20-47-32(26)31/h5-7,10,16-17,19-20H,8-9,11-15,21H2,1-2H3,(H,45,46). The van der Waals surface area contributed by atoms with Crippen molar-refractivity contribution in [3.63, 3.8) is 0 Å². The van der Waals surface area contributed by atoms with E-state index in [1.54, 1.807) is 34.5 Å². The Bertz CT molecular complexity index is 2250. The lowest BCUT2D eigenvalue weighted by Crippen LogP contribution is -2.48. The summed E-state index contributed by atoms with van der Waals surface area (Å²) >= 11 is 7.70. The van der Waals surface area contributed by atoms with Gasteiger partial charge in [0.05, 0.1) is 27.7 Å². The number of piperazine rings is 1. The zero-order valence-electron chi connectivity index (χ0n) is 26.0. The maximum absolute atomic E-state index is 14.0. The molecule has 0 spiro atoms. The van der Waals surface area contributed by atoms with E-state index in [0.717, 1.165) is 48.6 Å². The topological polar surface area (TPSA) is 115 Å². The summed E-state index contributed by atoms with van der Waals surface area (Å²) in [4.78, 5) is 39.3. The maximum atomic E-state index is 14.0. The number of nitrogens with zero attached hydrogens (tertiary/aromatic N) is 6. The van der Waals surface area contributed by atoms with Crippen LogP contribution >= 0.6 is 22.9 Å². The zero-order valence-corrected chi connectivity index (χ0v) is 27.6. The Hall–Kier alpha value is -4.74. The molecule has 1 saturated heterocycles. The van der Waals surface area contributed by atoms with Gasteiger partial charge in [-0.05, 0) is 55.5 Å². The number of aryl methyl sites for hydroxylation is 1. The number of hydrogen-bond donors (Lipinski definition) is 1. The van der Waals surface area contributed by atoms with Crippen LogP contribution in [0.3, 0.4) is 0 Å². The smallest absolute Gasteiger partial charge is 0.338 e. The van der Waals surface area contributed by atoms with E-state index in [1.165, 1.54) is 24.2 Å². The lowest BCUT2D eigenvalue weighted by atomic mass is 10.00. The van der Waals surface area contributed by atoms with Gasteiger partial charge in [0.1, 0.15) is 17.5 Å². The Balaban J connectivity index is 1.21. The van der Waals surface area contributed by atoms with Gasteiger partial charge in [-0.3, -0.25) is 14.7 Å². The third-order valence-electron chi connectivity index (χ3n) is 9.25. The average molecular weight is 663 g/mol. The highest BCUT2D eigenvalue weighted by Crippen LogP contribution is 2.45. The van der Waals surface area contributed by atoms with Gasteiger partial charge in [-0.2, -0.15) is 5.26 Å². The molecule has 236 valence electrons. The van der Waals surface area contributed by atoms with Gasteiger partial charge in [-0.1, -0.05) is 30.4 Å². The third-order valence-corrected chi connectivity index (χ3v) is 10.5. The second-order valence-electron chi connectivity index (χ2n) is 12.6. The van der Waals surface area contributed by atoms with Gasteiger partial charge in [0, 0.05) is 83.3 Å². The van der Waals surface area contributed by atoms with E-state index in [4.69, 9.17) is 11.6 Å². The molecule has 0 amide bonds. The lowest BCUT2D eigenvalue weighted by Gasteiger charge is -2.37. The molecule has 0 bridgehead atoms. The number of anilines is 1. The Kier molecular flexibility index (Phi) is 7.97. The van der Waals surface area contributed by atoms with Gasteiger partial charge in [-0.15, -0.1) is 11.3 Å². The number of carboxylic acids is 1. The van der Waals surface area contributed by atoms with Crippen LogP contribution in [0.1, 0.15) is 46.9 Å². The molecule has 11 heteroatoms. The first-order valence-electron chi connectivity index (χ1n) is 15.4. The zero-order chi connectivity index (χ0) is 32.9. The predicted octanol–water partition coefficient (Wildman–Crippen LogP) is 6.18. The lowest BCUT2D eigenvalue weighted by molar-refractivity contribution is 0.0699. The Morgan fingerprint density at radius 2 is 1.91 bits per heavy atom. The van der Waals surface area contributed by atoms with Crippen LogP contribution in [0.25, 0.3) is 32.1 Å². The van der Waals surface area contributed by atoms with Crippen LogP contribution in [-0.2, 0) is 6.54 Å². The molecule has 2 fully saturated rings. The molecule has 1 aliphatic heterocycles. The monoisotopic (exact) mass is 662 g/mol. The van der Waals surface area contributed by atoms with E-state index in [0.29, 0.717) is 49.4 Å². The molecule has 1 N–H and O–H groups in total.